The number of hydrogen-bond acceptors (Lipinski definition) is 3. The molecule has 23 heavy (non-hydrogen) atoms. The van der Waals surface area contributed by atoms with Crippen molar-refractivity contribution in [3.05, 3.63) is 24.3 Å². The summed E-state index contributed by atoms with van der Waals surface area (Å²) in [5.74, 6) is 0.101. The van der Waals surface area contributed by atoms with Crippen molar-refractivity contribution < 1.29 is 4.79 Å². The van der Waals surface area contributed by atoms with Crippen LogP contribution in [-0.4, -0.2) is 29.3 Å². The molecule has 0 atom stereocenters. The number of piperidine rings is 1. The fourth-order valence-electron chi connectivity index (χ4n) is 3.26. The number of likely N-dealkylation sites (tertiary alicyclic amines) is 1. The van der Waals surface area contributed by atoms with Crippen LogP contribution in [0, 0.1) is 17.2 Å². The molecule has 0 bridgehead atoms. The number of para-hydroxylation sites is 1. The number of nitrogens with zero attached hydrogens (tertiary/aromatic N) is 2. The van der Waals surface area contributed by atoms with Gasteiger partial charge in [-0.15, -0.1) is 11.8 Å². The highest BCUT2D eigenvalue weighted by Crippen LogP contribution is 2.38. The molecule has 1 aromatic rings. The molecule has 1 aliphatic carbocycles. The fraction of sp³-hybridized carbons (Fsp3) is 0.556. The van der Waals surface area contributed by atoms with Crippen LogP contribution in [0.3, 0.4) is 0 Å². The number of benzene rings is 1. The van der Waals surface area contributed by atoms with Gasteiger partial charge in [0.25, 0.3) is 0 Å². The van der Waals surface area contributed by atoms with Crippen LogP contribution in [0.2, 0.25) is 0 Å². The van der Waals surface area contributed by atoms with E-state index in [9.17, 15) is 4.79 Å². The Kier molecular flexibility index (Phi) is 5.45. The molecule has 2 fully saturated rings. The van der Waals surface area contributed by atoms with Crippen molar-refractivity contribution >= 4 is 23.5 Å². The number of carbonyl (C=O) groups excluding carboxylic acids is 1. The monoisotopic (exact) mass is 329 g/mol. The minimum Gasteiger partial charge on any atom is -0.324 e. The lowest BCUT2D eigenvalue weighted by atomic mass is 9.99. The lowest BCUT2D eigenvalue weighted by molar-refractivity contribution is 0.192. The van der Waals surface area contributed by atoms with Gasteiger partial charge < -0.3 is 10.2 Å². The van der Waals surface area contributed by atoms with Crippen molar-refractivity contribution in [1.29, 1.82) is 5.26 Å². The van der Waals surface area contributed by atoms with Crippen molar-refractivity contribution in [2.24, 2.45) is 5.92 Å². The van der Waals surface area contributed by atoms with Crippen LogP contribution in [0.4, 0.5) is 10.5 Å². The predicted octanol–water partition coefficient (Wildman–Crippen LogP) is 4.49. The Bertz CT molecular complexity index is 584. The molecule has 3 rings (SSSR count). The first-order chi connectivity index (χ1) is 11.3. The standard InChI is InChI=1S/C18H23N3OS/c19-13-14-9-11-21(12-10-14)18(22)20-16-7-3-4-8-17(16)23-15-5-1-2-6-15/h3-4,7-8,14-15H,1-2,5-6,9-12H2,(H,20,22). The first kappa shape index (κ1) is 16.2. The number of amides is 2. The normalized spacial score (nSPS) is 19.5. The van der Waals surface area contributed by atoms with Gasteiger partial charge >= 0.3 is 6.03 Å². The van der Waals surface area contributed by atoms with E-state index in [1.54, 1.807) is 0 Å². The molecule has 1 saturated heterocycles. The molecule has 122 valence electrons. The third-order valence-electron chi connectivity index (χ3n) is 4.69. The Balaban J connectivity index is 1.61. The number of rotatable bonds is 3. The van der Waals surface area contributed by atoms with E-state index in [2.05, 4.69) is 17.5 Å². The van der Waals surface area contributed by atoms with Gasteiger partial charge in [-0.25, -0.2) is 4.79 Å². The first-order valence-electron chi connectivity index (χ1n) is 8.47. The topological polar surface area (TPSA) is 56.1 Å². The molecule has 0 unspecified atom stereocenters. The Hall–Kier alpha value is -1.67. The van der Waals surface area contributed by atoms with E-state index >= 15 is 0 Å². The SMILES string of the molecule is N#CC1CCN(C(=O)Nc2ccccc2SC2CCCC2)CC1. The van der Waals surface area contributed by atoms with Crippen LogP contribution in [0.25, 0.3) is 0 Å². The number of thioether (sulfide) groups is 1. The van der Waals surface area contributed by atoms with Gasteiger partial charge in [-0.2, -0.15) is 5.26 Å². The quantitative estimate of drug-likeness (QED) is 0.889. The number of anilines is 1. The molecular formula is C18H23N3OS. The Labute approximate surface area is 142 Å². The molecule has 5 heteroatoms. The number of hydrogen-bond donors (Lipinski definition) is 1. The molecular weight excluding hydrogens is 306 g/mol. The molecule has 2 aliphatic rings. The van der Waals surface area contributed by atoms with Gasteiger partial charge in [0.2, 0.25) is 0 Å². The largest absolute Gasteiger partial charge is 0.324 e. The molecule has 2 amide bonds. The molecule has 4 nitrogen and oxygen atoms in total. The van der Waals surface area contributed by atoms with Crippen LogP contribution in [-0.2, 0) is 0 Å². The molecule has 0 aromatic heterocycles. The van der Waals surface area contributed by atoms with Gasteiger partial charge in [-0.3, -0.25) is 0 Å². The van der Waals surface area contributed by atoms with E-state index in [-0.39, 0.29) is 11.9 Å². The fourth-order valence-corrected chi connectivity index (χ4v) is 4.60. The summed E-state index contributed by atoms with van der Waals surface area (Å²) in [4.78, 5) is 15.5. The zero-order chi connectivity index (χ0) is 16.1. The minimum absolute atomic E-state index is 0.0409. The van der Waals surface area contributed by atoms with Gasteiger partial charge in [-0.05, 0) is 37.8 Å². The van der Waals surface area contributed by atoms with E-state index in [0.717, 1.165) is 18.5 Å². The van der Waals surface area contributed by atoms with E-state index < -0.39 is 0 Å². The smallest absolute Gasteiger partial charge is 0.321 e. The number of nitriles is 1. The number of urea groups is 1. The third kappa shape index (κ3) is 4.20. The highest BCUT2D eigenvalue weighted by atomic mass is 32.2. The lowest BCUT2D eigenvalue weighted by Gasteiger charge is -2.29. The predicted molar refractivity (Wildman–Crippen MR) is 93.5 cm³/mol. The summed E-state index contributed by atoms with van der Waals surface area (Å²) in [6.45, 7) is 1.34. The summed E-state index contributed by atoms with van der Waals surface area (Å²) in [5, 5.41) is 12.7. The third-order valence-corrected chi connectivity index (χ3v) is 6.10. The van der Waals surface area contributed by atoms with Crippen LogP contribution >= 0.6 is 11.8 Å². The first-order valence-corrected chi connectivity index (χ1v) is 9.35. The number of nitrogens with one attached hydrogen (secondary N) is 1. The van der Waals surface area contributed by atoms with Crippen molar-refractivity contribution in [2.45, 2.75) is 48.7 Å². The average Bonchev–Trinajstić information content (AvgIpc) is 3.10. The maximum absolute atomic E-state index is 12.5. The zero-order valence-electron chi connectivity index (χ0n) is 13.3. The van der Waals surface area contributed by atoms with E-state index in [0.29, 0.717) is 18.3 Å². The summed E-state index contributed by atoms with van der Waals surface area (Å²) in [5.41, 5.74) is 0.914. The molecule has 1 aromatic carbocycles. The Morgan fingerprint density at radius 3 is 2.57 bits per heavy atom. The van der Waals surface area contributed by atoms with Crippen molar-refractivity contribution in [3.8, 4) is 6.07 Å². The lowest BCUT2D eigenvalue weighted by Crippen LogP contribution is -2.40. The second-order valence-electron chi connectivity index (χ2n) is 6.34. The van der Waals surface area contributed by atoms with Crippen LogP contribution in [0.1, 0.15) is 38.5 Å². The van der Waals surface area contributed by atoms with Crippen LogP contribution < -0.4 is 5.32 Å². The average molecular weight is 329 g/mol. The van der Waals surface area contributed by atoms with Gasteiger partial charge in [0.1, 0.15) is 0 Å². The zero-order valence-corrected chi connectivity index (χ0v) is 14.1. The summed E-state index contributed by atoms with van der Waals surface area (Å²) < 4.78 is 0. The van der Waals surface area contributed by atoms with Crippen LogP contribution in [0.5, 0.6) is 0 Å². The van der Waals surface area contributed by atoms with Gasteiger partial charge in [-0.1, -0.05) is 25.0 Å². The molecule has 1 aliphatic heterocycles. The molecule has 1 heterocycles. The second-order valence-corrected chi connectivity index (χ2v) is 7.68. The van der Waals surface area contributed by atoms with Gasteiger partial charge in [0.15, 0.2) is 0 Å². The molecule has 0 spiro atoms. The van der Waals surface area contributed by atoms with Gasteiger partial charge in [0.05, 0.1) is 11.8 Å². The van der Waals surface area contributed by atoms with Crippen molar-refractivity contribution in [2.75, 3.05) is 18.4 Å². The summed E-state index contributed by atoms with van der Waals surface area (Å²) in [7, 11) is 0. The highest BCUT2D eigenvalue weighted by Gasteiger charge is 2.23. The maximum atomic E-state index is 12.5. The van der Waals surface area contributed by atoms with E-state index in [1.165, 1.54) is 30.6 Å². The van der Waals surface area contributed by atoms with Crippen molar-refractivity contribution in [3.63, 3.8) is 0 Å². The molecule has 0 radical (unpaired) electrons. The van der Waals surface area contributed by atoms with E-state index in [4.69, 9.17) is 5.26 Å². The number of carbonyl (C=O) groups is 1. The maximum Gasteiger partial charge on any atom is 0.321 e. The second kappa shape index (κ2) is 7.74. The highest BCUT2D eigenvalue weighted by molar-refractivity contribution is 8.00. The summed E-state index contributed by atoms with van der Waals surface area (Å²) >= 11 is 1.89. The summed E-state index contributed by atoms with van der Waals surface area (Å²) in [6, 6.07) is 10.3. The molecule has 1 saturated carbocycles. The van der Waals surface area contributed by atoms with Gasteiger partial charge in [0, 0.05) is 29.2 Å². The Morgan fingerprint density at radius 1 is 1.17 bits per heavy atom. The minimum atomic E-state index is -0.0409. The molecule has 1 N–H and O–H groups in total. The summed E-state index contributed by atoms with van der Waals surface area (Å²) in [6.07, 6.45) is 6.74. The van der Waals surface area contributed by atoms with Crippen molar-refractivity contribution in [1.82, 2.24) is 4.90 Å². The van der Waals surface area contributed by atoms with E-state index in [1.807, 2.05) is 34.9 Å². The van der Waals surface area contributed by atoms with Crippen LogP contribution in [0.15, 0.2) is 29.2 Å². The Morgan fingerprint density at radius 2 is 1.87 bits per heavy atom.